The molecule has 0 aromatic heterocycles. The molecule has 21 heavy (non-hydrogen) atoms. The Morgan fingerprint density at radius 1 is 1.14 bits per heavy atom. The molecule has 3 nitrogen and oxygen atoms in total. The van der Waals surface area contributed by atoms with Crippen LogP contribution in [0.25, 0.3) is 0 Å². The van der Waals surface area contributed by atoms with Crippen molar-refractivity contribution in [3.8, 4) is 5.75 Å². The van der Waals surface area contributed by atoms with Gasteiger partial charge >= 0.3 is 0 Å². The molecule has 0 spiro atoms. The second-order valence-corrected chi connectivity index (χ2v) is 6.88. The van der Waals surface area contributed by atoms with Crippen molar-refractivity contribution in [2.24, 2.45) is 11.1 Å². The number of methoxy groups -OCH3 is 1. The summed E-state index contributed by atoms with van der Waals surface area (Å²) in [7, 11) is 1.70. The van der Waals surface area contributed by atoms with Gasteiger partial charge in [0.25, 0.3) is 0 Å². The van der Waals surface area contributed by atoms with E-state index in [1.54, 1.807) is 7.11 Å². The van der Waals surface area contributed by atoms with Gasteiger partial charge in [-0.1, -0.05) is 32.0 Å². The second-order valence-electron chi connectivity index (χ2n) is 6.88. The maximum absolute atomic E-state index is 6.65. The second kappa shape index (κ2) is 6.37. The molecule has 0 bridgehead atoms. The van der Waals surface area contributed by atoms with Gasteiger partial charge in [0, 0.05) is 12.2 Å². The molecule has 1 fully saturated rings. The van der Waals surface area contributed by atoms with E-state index in [0.717, 1.165) is 37.0 Å². The van der Waals surface area contributed by atoms with Gasteiger partial charge in [0.05, 0.1) is 18.8 Å². The van der Waals surface area contributed by atoms with Gasteiger partial charge in [-0.15, -0.1) is 0 Å². The van der Waals surface area contributed by atoms with Gasteiger partial charge in [0.2, 0.25) is 0 Å². The Bertz CT molecular complexity index is 460. The van der Waals surface area contributed by atoms with Crippen molar-refractivity contribution in [1.82, 2.24) is 0 Å². The molecule has 1 unspecified atom stereocenters. The summed E-state index contributed by atoms with van der Waals surface area (Å²) in [5, 5.41) is 0. The van der Waals surface area contributed by atoms with E-state index < -0.39 is 0 Å². The van der Waals surface area contributed by atoms with Crippen LogP contribution in [0.15, 0.2) is 24.3 Å². The number of nitrogens with two attached hydrogens (primary N) is 1. The Balaban J connectivity index is 2.29. The van der Waals surface area contributed by atoms with E-state index in [0.29, 0.717) is 12.0 Å². The maximum atomic E-state index is 6.65. The molecule has 0 aliphatic heterocycles. The molecule has 118 valence electrons. The van der Waals surface area contributed by atoms with Crippen LogP contribution in [-0.4, -0.2) is 19.3 Å². The average Bonchev–Trinajstić information content (AvgIpc) is 2.49. The van der Waals surface area contributed by atoms with Crippen LogP contribution in [-0.2, 0) is 4.74 Å². The number of para-hydroxylation sites is 1. The SMILES string of the molecule is CCOC1(C(N)c2ccccc2OC)CCC(C)(C)CC1. The lowest BCUT2D eigenvalue weighted by Gasteiger charge is -2.46. The lowest BCUT2D eigenvalue weighted by molar-refractivity contribution is -0.100. The standard InChI is InChI=1S/C18H29NO2/c1-5-21-18(12-10-17(2,3)11-13-18)16(19)14-8-6-7-9-15(14)20-4/h6-9,16H,5,10-13,19H2,1-4H3. The normalized spacial score (nSPS) is 21.8. The number of benzene rings is 1. The molecule has 1 aromatic carbocycles. The van der Waals surface area contributed by atoms with Crippen LogP contribution in [0.4, 0.5) is 0 Å². The van der Waals surface area contributed by atoms with Crippen molar-refractivity contribution in [1.29, 1.82) is 0 Å². The van der Waals surface area contributed by atoms with Gasteiger partial charge in [0.15, 0.2) is 0 Å². The minimum Gasteiger partial charge on any atom is -0.496 e. The molecular formula is C18H29NO2. The van der Waals surface area contributed by atoms with Crippen molar-refractivity contribution >= 4 is 0 Å². The summed E-state index contributed by atoms with van der Waals surface area (Å²) >= 11 is 0. The highest BCUT2D eigenvalue weighted by atomic mass is 16.5. The third-order valence-electron chi connectivity index (χ3n) is 4.92. The average molecular weight is 291 g/mol. The molecule has 1 atom stereocenters. The molecule has 0 amide bonds. The quantitative estimate of drug-likeness (QED) is 0.889. The van der Waals surface area contributed by atoms with Gasteiger partial charge < -0.3 is 15.2 Å². The number of hydrogen-bond donors (Lipinski definition) is 1. The lowest BCUT2D eigenvalue weighted by atomic mass is 9.67. The van der Waals surface area contributed by atoms with Crippen LogP contribution in [0, 0.1) is 5.41 Å². The zero-order valence-corrected chi connectivity index (χ0v) is 13.8. The third-order valence-corrected chi connectivity index (χ3v) is 4.92. The van der Waals surface area contributed by atoms with Gasteiger partial charge in [0.1, 0.15) is 5.75 Å². The number of ether oxygens (including phenoxy) is 2. The first kappa shape index (κ1) is 16.3. The van der Waals surface area contributed by atoms with Crippen molar-refractivity contribution in [2.75, 3.05) is 13.7 Å². The van der Waals surface area contributed by atoms with Crippen LogP contribution in [0.2, 0.25) is 0 Å². The van der Waals surface area contributed by atoms with Crippen LogP contribution in [0.5, 0.6) is 5.75 Å². The van der Waals surface area contributed by atoms with Gasteiger partial charge in [-0.25, -0.2) is 0 Å². The van der Waals surface area contributed by atoms with Crippen molar-refractivity contribution in [3.05, 3.63) is 29.8 Å². The van der Waals surface area contributed by atoms with Crippen LogP contribution in [0.1, 0.15) is 58.1 Å². The molecule has 1 saturated carbocycles. The van der Waals surface area contributed by atoms with Gasteiger partial charge in [-0.2, -0.15) is 0 Å². The van der Waals surface area contributed by atoms with Crippen molar-refractivity contribution in [3.63, 3.8) is 0 Å². The highest BCUT2D eigenvalue weighted by Gasteiger charge is 2.44. The molecule has 0 radical (unpaired) electrons. The molecule has 0 heterocycles. The first-order valence-corrected chi connectivity index (χ1v) is 7.96. The van der Waals surface area contributed by atoms with E-state index in [2.05, 4.69) is 26.8 Å². The number of rotatable bonds is 5. The molecule has 3 heteroatoms. The highest BCUT2D eigenvalue weighted by molar-refractivity contribution is 5.37. The third kappa shape index (κ3) is 3.41. The Morgan fingerprint density at radius 2 is 1.76 bits per heavy atom. The van der Waals surface area contributed by atoms with E-state index in [1.807, 2.05) is 18.2 Å². The molecule has 1 aliphatic rings. The zero-order valence-electron chi connectivity index (χ0n) is 13.8. The summed E-state index contributed by atoms with van der Waals surface area (Å²) in [5.74, 6) is 0.855. The first-order chi connectivity index (χ1) is 9.94. The van der Waals surface area contributed by atoms with E-state index in [9.17, 15) is 0 Å². The largest absolute Gasteiger partial charge is 0.496 e. The Hall–Kier alpha value is -1.06. The van der Waals surface area contributed by atoms with Crippen LogP contribution >= 0.6 is 0 Å². The molecule has 1 aliphatic carbocycles. The van der Waals surface area contributed by atoms with Crippen LogP contribution in [0.3, 0.4) is 0 Å². The molecule has 2 N–H and O–H groups in total. The minimum atomic E-state index is -0.265. The van der Waals surface area contributed by atoms with Crippen molar-refractivity contribution in [2.45, 2.75) is 58.1 Å². The fourth-order valence-electron chi connectivity index (χ4n) is 3.39. The molecular weight excluding hydrogens is 262 g/mol. The Morgan fingerprint density at radius 3 is 2.33 bits per heavy atom. The predicted octanol–water partition coefficient (Wildman–Crippen LogP) is 4.07. The first-order valence-electron chi connectivity index (χ1n) is 7.96. The monoisotopic (exact) mass is 291 g/mol. The van der Waals surface area contributed by atoms with E-state index in [1.165, 1.54) is 0 Å². The topological polar surface area (TPSA) is 44.5 Å². The highest BCUT2D eigenvalue weighted by Crippen LogP contribution is 2.47. The van der Waals surface area contributed by atoms with Crippen molar-refractivity contribution < 1.29 is 9.47 Å². The van der Waals surface area contributed by atoms with Gasteiger partial charge in [-0.05, 0) is 44.1 Å². The molecule has 0 saturated heterocycles. The van der Waals surface area contributed by atoms with Gasteiger partial charge in [-0.3, -0.25) is 0 Å². The fourth-order valence-corrected chi connectivity index (χ4v) is 3.39. The summed E-state index contributed by atoms with van der Waals surface area (Å²) in [6.07, 6.45) is 4.31. The van der Waals surface area contributed by atoms with E-state index >= 15 is 0 Å². The predicted molar refractivity (Wildman–Crippen MR) is 86.5 cm³/mol. The van der Waals surface area contributed by atoms with E-state index in [4.69, 9.17) is 15.2 Å². The fraction of sp³-hybridized carbons (Fsp3) is 0.667. The van der Waals surface area contributed by atoms with E-state index in [-0.39, 0.29) is 11.6 Å². The summed E-state index contributed by atoms with van der Waals surface area (Å²) in [4.78, 5) is 0. The summed E-state index contributed by atoms with van der Waals surface area (Å²) in [5.41, 5.74) is 7.82. The zero-order chi connectivity index (χ0) is 15.5. The van der Waals surface area contributed by atoms with Crippen LogP contribution < -0.4 is 10.5 Å². The number of hydrogen-bond acceptors (Lipinski definition) is 3. The minimum absolute atomic E-state index is 0.148. The Kier molecular flexibility index (Phi) is 4.95. The maximum Gasteiger partial charge on any atom is 0.123 e. The summed E-state index contributed by atoms with van der Waals surface area (Å²) in [6, 6.07) is 7.88. The smallest absolute Gasteiger partial charge is 0.123 e. The lowest BCUT2D eigenvalue weighted by Crippen LogP contribution is -2.48. The summed E-state index contributed by atoms with van der Waals surface area (Å²) < 4.78 is 11.7. The summed E-state index contributed by atoms with van der Waals surface area (Å²) in [6.45, 7) is 7.41. The molecule has 2 rings (SSSR count). The molecule has 1 aromatic rings. The Labute approximate surface area is 128 Å².